The number of nitrogen functional groups attached to an aromatic ring is 2. The molecule has 0 spiro atoms. The largest absolute Gasteiger partial charge is 0.491 e. The summed E-state index contributed by atoms with van der Waals surface area (Å²) in [6, 6.07) is 13.6. The minimum atomic E-state index is -0.670. The SMILES string of the molecule is Cl.N=C(N)c1ccc(OCC(O)CNCCNCC(O)COc2ccc(C(=N)N)cc2)cc1. The Labute approximate surface area is 199 Å². The number of benzene rings is 2. The number of nitrogens with two attached hydrogens (primary N) is 2. The molecule has 0 bridgehead atoms. The smallest absolute Gasteiger partial charge is 0.122 e. The number of nitrogens with one attached hydrogen (secondary N) is 4. The first-order chi connectivity index (χ1) is 15.3. The van der Waals surface area contributed by atoms with Crippen LogP contribution in [0.2, 0.25) is 0 Å². The molecule has 11 heteroatoms. The van der Waals surface area contributed by atoms with E-state index in [1.54, 1.807) is 48.5 Å². The van der Waals surface area contributed by atoms with E-state index in [9.17, 15) is 10.2 Å². The fraction of sp³-hybridized carbons (Fsp3) is 0.364. The summed E-state index contributed by atoms with van der Waals surface area (Å²) in [6.07, 6.45) is -1.34. The lowest BCUT2D eigenvalue weighted by molar-refractivity contribution is 0.103. The molecule has 33 heavy (non-hydrogen) atoms. The Morgan fingerprint density at radius 2 is 1.06 bits per heavy atom. The van der Waals surface area contributed by atoms with Gasteiger partial charge in [-0.25, -0.2) is 0 Å². The van der Waals surface area contributed by atoms with Crippen LogP contribution < -0.4 is 31.6 Å². The second-order valence-corrected chi connectivity index (χ2v) is 7.21. The maximum Gasteiger partial charge on any atom is 0.122 e. The molecule has 0 aliphatic carbocycles. The summed E-state index contributed by atoms with van der Waals surface area (Å²) in [5, 5.41) is 40.9. The van der Waals surface area contributed by atoms with Gasteiger partial charge in [-0.1, -0.05) is 0 Å². The van der Waals surface area contributed by atoms with Crippen LogP contribution >= 0.6 is 12.4 Å². The molecule has 2 unspecified atom stereocenters. The lowest BCUT2D eigenvalue weighted by Gasteiger charge is -2.15. The molecular weight excluding hydrogens is 448 g/mol. The van der Waals surface area contributed by atoms with Crippen molar-refractivity contribution in [2.45, 2.75) is 12.2 Å². The molecule has 0 amide bonds. The molecule has 0 saturated carbocycles. The third-order valence-electron chi connectivity index (χ3n) is 4.45. The van der Waals surface area contributed by atoms with Crippen molar-refractivity contribution >= 4 is 24.1 Å². The quantitative estimate of drug-likeness (QED) is 0.0997. The average Bonchev–Trinajstić information content (AvgIpc) is 2.79. The van der Waals surface area contributed by atoms with E-state index in [2.05, 4.69) is 10.6 Å². The first kappa shape index (κ1) is 28.1. The molecule has 2 aromatic carbocycles. The zero-order valence-corrected chi connectivity index (χ0v) is 19.1. The van der Waals surface area contributed by atoms with Crippen molar-refractivity contribution in [3.8, 4) is 11.5 Å². The van der Waals surface area contributed by atoms with Crippen LogP contribution in [0.15, 0.2) is 48.5 Å². The monoisotopic (exact) mass is 480 g/mol. The lowest BCUT2D eigenvalue weighted by atomic mass is 10.2. The second kappa shape index (κ2) is 15.0. The molecule has 0 saturated heterocycles. The molecular formula is C22H33ClN6O4. The van der Waals surface area contributed by atoms with Crippen LogP contribution in [0.3, 0.4) is 0 Å². The van der Waals surface area contributed by atoms with Crippen LogP contribution in [0.25, 0.3) is 0 Å². The van der Waals surface area contributed by atoms with Gasteiger partial charge < -0.3 is 41.8 Å². The van der Waals surface area contributed by atoms with Gasteiger partial charge in [-0.3, -0.25) is 10.8 Å². The predicted molar refractivity (Wildman–Crippen MR) is 131 cm³/mol. The number of aliphatic hydroxyl groups excluding tert-OH is 2. The van der Waals surface area contributed by atoms with Crippen molar-refractivity contribution in [2.24, 2.45) is 11.5 Å². The zero-order valence-electron chi connectivity index (χ0n) is 18.3. The maximum absolute atomic E-state index is 9.99. The van der Waals surface area contributed by atoms with Crippen molar-refractivity contribution in [1.29, 1.82) is 10.8 Å². The summed E-state index contributed by atoms with van der Waals surface area (Å²) in [5.41, 5.74) is 12.0. The van der Waals surface area contributed by atoms with Gasteiger partial charge in [-0.05, 0) is 48.5 Å². The lowest BCUT2D eigenvalue weighted by Crippen LogP contribution is -2.38. The van der Waals surface area contributed by atoms with Crippen molar-refractivity contribution in [2.75, 3.05) is 39.4 Å². The number of hydrogen-bond acceptors (Lipinski definition) is 8. The molecule has 0 aliphatic heterocycles. The van der Waals surface area contributed by atoms with Gasteiger partial charge in [-0.2, -0.15) is 0 Å². The van der Waals surface area contributed by atoms with E-state index in [0.29, 0.717) is 48.8 Å². The Morgan fingerprint density at radius 1 is 0.727 bits per heavy atom. The molecule has 10 nitrogen and oxygen atoms in total. The normalized spacial score (nSPS) is 12.3. The topological polar surface area (TPSA) is 183 Å². The number of rotatable bonds is 15. The van der Waals surface area contributed by atoms with Crippen LogP contribution in [-0.2, 0) is 0 Å². The molecule has 10 N–H and O–H groups in total. The van der Waals surface area contributed by atoms with Gasteiger partial charge in [0.05, 0.1) is 0 Å². The standard InChI is InChI=1S/C22H32N6O4.ClH/c23-21(24)15-1-5-19(6-2-15)31-13-17(29)11-27-9-10-28-12-18(30)14-32-20-7-3-16(4-8-20)22(25)26;/h1-8,17-18,27-30H,9-14H2,(H3,23,24)(H3,25,26);1H. The fourth-order valence-electron chi connectivity index (χ4n) is 2.68. The van der Waals surface area contributed by atoms with Crippen molar-refractivity contribution in [3.63, 3.8) is 0 Å². The number of halogens is 1. The highest BCUT2D eigenvalue weighted by Gasteiger charge is 2.07. The Morgan fingerprint density at radius 3 is 1.36 bits per heavy atom. The van der Waals surface area contributed by atoms with E-state index >= 15 is 0 Å². The van der Waals surface area contributed by atoms with Crippen LogP contribution in [0.4, 0.5) is 0 Å². The van der Waals surface area contributed by atoms with E-state index in [1.807, 2.05) is 0 Å². The molecule has 182 valence electrons. The van der Waals surface area contributed by atoms with Gasteiger partial charge in [0, 0.05) is 37.3 Å². The van der Waals surface area contributed by atoms with Gasteiger partial charge in [0.2, 0.25) is 0 Å². The zero-order chi connectivity index (χ0) is 23.3. The highest BCUT2D eigenvalue weighted by molar-refractivity contribution is 5.95. The fourth-order valence-corrected chi connectivity index (χ4v) is 2.68. The van der Waals surface area contributed by atoms with E-state index in [-0.39, 0.29) is 37.3 Å². The Balaban J connectivity index is 0.00000544. The highest BCUT2D eigenvalue weighted by atomic mass is 35.5. The molecule has 2 aromatic rings. The summed E-state index contributed by atoms with van der Waals surface area (Å²) in [4.78, 5) is 0. The summed E-state index contributed by atoms with van der Waals surface area (Å²) in [5.74, 6) is 1.19. The second-order valence-electron chi connectivity index (χ2n) is 7.21. The Kier molecular flexibility index (Phi) is 12.8. The third-order valence-corrected chi connectivity index (χ3v) is 4.45. The summed E-state index contributed by atoms with van der Waals surface area (Å²) < 4.78 is 11.0. The van der Waals surface area contributed by atoms with E-state index in [1.165, 1.54) is 0 Å². The van der Waals surface area contributed by atoms with Crippen LogP contribution in [0.1, 0.15) is 11.1 Å². The summed E-state index contributed by atoms with van der Waals surface area (Å²) in [6.45, 7) is 2.26. The number of amidine groups is 2. The minimum absolute atomic E-state index is 0. The van der Waals surface area contributed by atoms with Gasteiger partial charge in [0.25, 0.3) is 0 Å². The van der Waals surface area contributed by atoms with Crippen molar-refractivity contribution < 1.29 is 19.7 Å². The van der Waals surface area contributed by atoms with Gasteiger partial charge in [0.15, 0.2) is 0 Å². The number of hydrogen-bond donors (Lipinski definition) is 8. The Hall–Kier alpha value is -2.89. The van der Waals surface area contributed by atoms with E-state index in [4.69, 9.17) is 31.8 Å². The predicted octanol–water partition coefficient (Wildman–Crippen LogP) is 0.0353. The Bertz CT molecular complexity index is 779. The van der Waals surface area contributed by atoms with Crippen molar-refractivity contribution in [3.05, 3.63) is 59.7 Å². The number of aliphatic hydroxyl groups is 2. The van der Waals surface area contributed by atoms with Gasteiger partial charge >= 0.3 is 0 Å². The van der Waals surface area contributed by atoms with Crippen molar-refractivity contribution in [1.82, 2.24) is 10.6 Å². The number of ether oxygens (including phenoxy) is 2. The average molecular weight is 481 g/mol. The van der Waals surface area contributed by atoms with Crippen LogP contribution in [-0.4, -0.2) is 73.5 Å². The maximum atomic E-state index is 9.99. The van der Waals surface area contributed by atoms with Crippen LogP contribution in [0, 0.1) is 10.8 Å². The molecule has 0 aliphatic rings. The molecule has 0 heterocycles. The van der Waals surface area contributed by atoms with Gasteiger partial charge in [-0.15, -0.1) is 12.4 Å². The highest BCUT2D eigenvalue weighted by Crippen LogP contribution is 2.13. The molecule has 2 atom stereocenters. The first-order valence-corrected chi connectivity index (χ1v) is 10.3. The summed E-state index contributed by atoms with van der Waals surface area (Å²) >= 11 is 0. The van der Waals surface area contributed by atoms with E-state index < -0.39 is 12.2 Å². The molecule has 0 aromatic heterocycles. The first-order valence-electron chi connectivity index (χ1n) is 10.3. The molecule has 2 rings (SSSR count). The molecule has 0 radical (unpaired) electrons. The van der Waals surface area contributed by atoms with Crippen LogP contribution in [0.5, 0.6) is 11.5 Å². The van der Waals surface area contributed by atoms with E-state index in [0.717, 1.165) is 0 Å². The van der Waals surface area contributed by atoms with Gasteiger partial charge in [0.1, 0.15) is 48.6 Å². The minimum Gasteiger partial charge on any atom is -0.491 e. The summed E-state index contributed by atoms with van der Waals surface area (Å²) in [7, 11) is 0. The molecule has 0 fully saturated rings. The third kappa shape index (κ3) is 11.0.